The lowest BCUT2D eigenvalue weighted by atomic mass is 10.2. The maximum atomic E-state index is 3.51. The van der Waals surface area contributed by atoms with Gasteiger partial charge in [0.1, 0.15) is 0 Å². The molecule has 1 N–H and O–H groups in total. The van der Waals surface area contributed by atoms with Crippen LogP contribution in [0.2, 0.25) is 0 Å². The average molecular weight is 331 g/mol. The van der Waals surface area contributed by atoms with Gasteiger partial charge in [0.2, 0.25) is 0 Å². The molecule has 0 saturated carbocycles. The third-order valence-corrected chi connectivity index (χ3v) is 4.20. The van der Waals surface area contributed by atoms with Gasteiger partial charge in [-0.25, -0.2) is 0 Å². The maximum Gasteiger partial charge on any atom is 0.0401 e. The molecule has 0 spiro atoms. The van der Waals surface area contributed by atoms with Gasteiger partial charge in [-0.15, -0.1) is 0 Å². The van der Waals surface area contributed by atoms with Gasteiger partial charge in [0.25, 0.3) is 0 Å². The first kappa shape index (κ1) is 13.5. The highest BCUT2D eigenvalue weighted by Crippen LogP contribution is 2.23. The van der Waals surface area contributed by atoms with Crippen molar-refractivity contribution in [1.82, 2.24) is 0 Å². The van der Waals surface area contributed by atoms with Gasteiger partial charge in [0.15, 0.2) is 0 Å². The van der Waals surface area contributed by atoms with Crippen LogP contribution < -0.4 is 10.2 Å². The van der Waals surface area contributed by atoms with E-state index in [1.165, 1.54) is 42.9 Å². The molecule has 1 heterocycles. The summed E-state index contributed by atoms with van der Waals surface area (Å²) in [7, 11) is 0. The number of anilines is 2. The van der Waals surface area contributed by atoms with Gasteiger partial charge in [-0.3, -0.25) is 0 Å². The molecule has 0 aromatic heterocycles. The van der Waals surface area contributed by atoms with Crippen LogP contribution in [0.1, 0.15) is 18.4 Å². The number of hydrogen-bond donors (Lipinski definition) is 1. The second-order valence-electron chi connectivity index (χ2n) is 5.23. The van der Waals surface area contributed by atoms with Gasteiger partial charge in [-0.1, -0.05) is 34.1 Å². The molecule has 0 bridgehead atoms. The molecule has 20 heavy (non-hydrogen) atoms. The summed E-state index contributed by atoms with van der Waals surface area (Å²) in [5, 5.41) is 3.50. The Bertz CT molecular complexity index is 577. The van der Waals surface area contributed by atoms with Crippen LogP contribution in [0, 0.1) is 0 Å². The molecule has 2 aromatic rings. The van der Waals surface area contributed by atoms with Crippen molar-refractivity contribution in [2.75, 3.05) is 23.3 Å². The summed E-state index contributed by atoms with van der Waals surface area (Å²) in [5.41, 5.74) is 3.81. The standard InChI is InChI=1S/C17H19BrN2/c18-15-6-3-5-14(11-15)13-19-16-7-4-8-17(12-16)20-9-1-2-10-20/h3-8,11-12,19H,1-2,9-10,13H2. The first-order valence-electron chi connectivity index (χ1n) is 7.14. The lowest BCUT2D eigenvalue weighted by Crippen LogP contribution is -2.17. The van der Waals surface area contributed by atoms with E-state index in [0.717, 1.165) is 11.0 Å². The molecule has 3 heteroatoms. The first-order chi connectivity index (χ1) is 9.81. The van der Waals surface area contributed by atoms with Gasteiger partial charge in [0.05, 0.1) is 0 Å². The fourth-order valence-corrected chi connectivity index (χ4v) is 3.09. The molecule has 0 unspecified atom stereocenters. The Morgan fingerprint density at radius 2 is 1.80 bits per heavy atom. The Hall–Kier alpha value is -1.48. The summed E-state index contributed by atoms with van der Waals surface area (Å²) >= 11 is 3.51. The molecule has 104 valence electrons. The summed E-state index contributed by atoms with van der Waals surface area (Å²) in [6, 6.07) is 17.1. The zero-order chi connectivity index (χ0) is 13.8. The third-order valence-electron chi connectivity index (χ3n) is 3.70. The average Bonchev–Trinajstić information content (AvgIpc) is 3.00. The number of nitrogens with zero attached hydrogens (tertiary/aromatic N) is 1. The highest BCUT2D eigenvalue weighted by Gasteiger charge is 2.12. The number of rotatable bonds is 4. The Morgan fingerprint density at radius 1 is 1.00 bits per heavy atom. The molecule has 3 rings (SSSR count). The zero-order valence-electron chi connectivity index (χ0n) is 11.5. The van der Waals surface area contributed by atoms with Gasteiger partial charge in [0, 0.05) is 35.5 Å². The van der Waals surface area contributed by atoms with E-state index in [4.69, 9.17) is 0 Å². The lowest BCUT2D eigenvalue weighted by Gasteiger charge is -2.18. The Morgan fingerprint density at radius 3 is 2.60 bits per heavy atom. The van der Waals surface area contributed by atoms with Crippen molar-refractivity contribution in [3.05, 3.63) is 58.6 Å². The molecule has 1 saturated heterocycles. The van der Waals surface area contributed by atoms with Gasteiger partial charge >= 0.3 is 0 Å². The fraction of sp³-hybridized carbons (Fsp3) is 0.294. The molecular formula is C17H19BrN2. The zero-order valence-corrected chi connectivity index (χ0v) is 13.1. The van der Waals surface area contributed by atoms with Crippen LogP contribution in [0.3, 0.4) is 0 Å². The van der Waals surface area contributed by atoms with Crippen LogP contribution in [0.4, 0.5) is 11.4 Å². The van der Waals surface area contributed by atoms with Crippen LogP contribution in [0.15, 0.2) is 53.0 Å². The van der Waals surface area contributed by atoms with Crippen molar-refractivity contribution < 1.29 is 0 Å². The lowest BCUT2D eigenvalue weighted by molar-refractivity contribution is 0.949. The van der Waals surface area contributed by atoms with Gasteiger partial charge < -0.3 is 10.2 Å². The van der Waals surface area contributed by atoms with E-state index in [2.05, 4.69) is 74.7 Å². The summed E-state index contributed by atoms with van der Waals surface area (Å²) in [4.78, 5) is 2.46. The van der Waals surface area contributed by atoms with E-state index in [1.54, 1.807) is 0 Å². The van der Waals surface area contributed by atoms with Gasteiger partial charge in [-0.2, -0.15) is 0 Å². The van der Waals surface area contributed by atoms with E-state index < -0.39 is 0 Å². The van der Waals surface area contributed by atoms with Crippen LogP contribution in [0.25, 0.3) is 0 Å². The predicted octanol–water partition coefficient (Wildman–Crippen LogP) is 4.66. The molecule has 2 nitrogen and oxygen atoms in total. The van der Waals surface area contributed by atoms with Crippen molar-refractivity contribution in [3.63, 3.8) is 0 Å². The third kappa shape index (κ3) is 3.34. The normalized spacial score (nSPS) is 14.6. The quantitative estimate of drug-likeness (QED) is 0.876. The van der Waals surface area contributed by atoms with E-state index in [1.807, 2.05) is 0 Å². The molecule has 0 atom stereocenters. The fourth-order valence-electron chi connectivity index (χ4n) is 2.64. The van der Waals surface area contributed by atoms with Crippen LogP contribution in [0.5, 0.6) is 0 Å². The first-order valence-corrected chi connectivity index (χ1v) is 7.94. The van der Waals surface area contributed by atoms with Crippen LogP contribution in [-0.4, -0.2) is 13.1 Å². The topological polar surface area (TPSA) is 15.3 Å². The van der Waals surface area contributed by atoms with E-state index in [-0.39, 0.29) is 0 Å². The number of benzene rings is 2. The van der Waals surface area contributed by atoms with E-state index in [9.17, 15) is 0 Å². The van der Waals surface area contributed by atoms with Crippen molar-refractivity contribution in [2.45, 2.75) is 19.4 Å². The molecule has 2 aromatic carbocycles. The van der Waals surface area contributed by atoms with Crippen molar-refractivity contribution >= 4 is 27.3 Å². The van der Waals surface area contributed by atoms with Gasteiger partial charge in [-0.05, 0) is 48.7 Å². The summed E-state index contributed by atoms with van der Waals surface area (Å²) in [5.74, 6) is 0. The summed E-state index contributed by atoms with van der Waals surface area (Å²) < 4.78 is 1.13. The summed E-state index contributed by atoms with van der Waals surface area (Å²) in [6.45, 7) is 3.23. The minimum Gasteiger partial charge on any atom is -0.381 e. The van der Waals surface area contributed by atoms with Crippen molar-refractivity contribution in [3.8, 4) is 0 Å². The second kappa shape index (κ2) is 6.31. The Kier molecular flexibility index (Phi) is 4.26. The molecule has 0 aliphatic carbocycles. The van der Waals surface area contributed by atoms with E-state index in [0.29, 0.717) is 0 Å². The molecule has 1 fully saturated rings. The van der Waals surface area contributed by atoms with Crippen molar-refractivity contribution in [1.29, 1.82) is 0 Å². The molecule has 0 amide bonds. The molecule has 0 radical (unpaired) electrons. The smallest absolute Gasteiger partial charge is 0.0401 e. The number of nitrogens with one attached hydrogen (secondary N) is 1. The largest absolute Gasteiger partial charge is 0.381 e. The summed E-state index contributed by atoms with van der Waals surface area (Å²) in [6.07, 6.45) is 2.63. The highest BCUT2D eigenvalue weighted by molar-refractivity contribution is 9.10. The molecule has 1 aliphatic rings. The SMILES string of the molecule is Brc1cccc(CNc2cccc(N3CCCC3)c2)c1. The van der Waals surface area contributed by atoms with Crippen LogP contribution >= 0.6 is 15.9 Å². The van der Waals surface area contributed by atoms with Crippen molar-refractivity contribution in [2.24, 2.45) is 0 Å². The number of halogens is 1. The van der Waals surface area contributed by atoms with E-state index >= 15 is 0 Å². The monoisotopic (exact) mass is 330 g/mol. The minimum absolute atomic E-state index is 0.850. The second-order valence-corrected chi connectivity index (χ2v) is 6.14. The Balaban J connectivity index is 1.66. The van der Waals surface area contributed by atoms with Crippen LogP contribution in [-0.2, 0) is 6.54 Å². The minimum atomic E-state index is 0.850. The highest BCUT2D eigenvalue weighted by atomic mass is 79.9. The molecule has 1 aliphatic heterocycles. The molecular weight excluding hydrogens is 312 g/mol. The maximum absolute atomic E-state index is 3.51. The number of hydrogen-bond acceptors (Lipinski definition) is 2. The predicted molar refractivity (Wildman–Crippen MR) is 89.4 cm³/mol. The Labute approximate surface area is 128 Å².